The van der Waals surface area contributed by atoms with E-state index in [-0.39, 0.29) is 30.8 Å². The molecule has 5 heteroatoms. The summed E-state index contributed by atoms with van der Waals surface area (Å²) in [6, 6.07) is 18.2. The number of carboxylic acid groups (broad SMARTS) is 1. The van der Waals surface area contributed by atoms with Crippen molar-refractivity contribution < 1.29 is 14.7 Å². The minimum absolute atomic E-state index is 0.00985. The van der Waals surface area contributed by atoms with Crippen LogP contribution in [0.5, 0.6) is 0 Å². The largest absolute Gasteiger partial charge is 0.481 e. The number of carbonyl (C=O) groups excluding carboxylic acids is 1. The van der Waals surface area contributed by atoms with Crippen LogP contribution >= 0.6 is 0 Å². The average molecular weight is 352 g/mol. The second-order valence-corrected chi connectivity index (χ2v) is 6.72. The number of aliphatic carboxylic acids is 1. The van der Waals surface area contributed by atoms with E-state index in [0.717, 1.165) is 23.4 Å². The summed E-state index contributed by atoms with van der Waals surface area (Å²) < 4.78 is 0. The second kappa shape index (κ2) is 8.04. The van der Waals surface area contributed by atoms with Gasteiger partial charge in [0.15, 0.2) is 0 Å². The molecule has 2 atom stereocenters. The Labute approximate surface area is 153 Å². The van der Waals surface area contributed by atoms with Crippen molar-refractivity contribution in [1.29, 1.82) is 0 Å². The van der Waals surface area contributed by atoms with E-state index in [4.69, 9.17) is 5.11 Å². The number of rotatable bonds is 6. The Morgan fingerprint density at radius 2 is 1.77 bits per heavy atom. The highest BCUT2D eigenvalue weighted by atomic mass is 16.4. The summed E-state index contributed by atoms with van der Waals surface area (Å²) in [6.07, 6.45) is 1.44. The smallest absolute Gasteiger partial charge is 0.303 e. The fourth-order valence-electron chi connectivity index (χ4n) is 3.58. The van der Waals surface area contributed by atoms with Crippen molar-refractivity contribution in [2.75, 3.05) is 10.2 Å². The van der Waals surface area contributed by atoms with Crippen LogP contribution < -0.4 is 10.2 Å². The second-order valence-electron chi connectivity index (χ2n) is 6.72. The number of anilines is 2. The zero-order chi connectivity index (χ0) is 18.5. The van der Waals surface area contributed by atoms with E-state index in [1.165, 1.54) is 0 Å². The quantitative estimate of drug-likeness (QED) is 0.817. The minimum Gasteiger partial charge on any atom is -0.481 e. The van der Waals surface area contributed by atoms with Crippen LogP contribution in [0.4, 0.5) is 11.4 Å². The SMILES string of the molecule is C[C@H]1C[C@H](Nc2ccccc2)c2ccccc2N1C(=O)CCCC(=O)O. The third-order valence-electron chi connectivity index (χ3n) is 4.75. The number of carboxylic acids is 1. The maximum Gasteiger partial charge on any atom is 0.303 e. The maximum absolute atomic E-state index is 12.7. The van der Waals surface area contributed by atoms with E-state index in [9.17, 15) is 9.59 Å². The Morgan fingerprint density at radius 1 is 1.08 bits per heavy atom. The number of para-hydroxylation sites is 2. The highest BCUT2D eigenvalue weighted by molar-refractivity contribution is 5.95. The van der Waals surface area contributed by atoms with Gasteiger partial charge >= 0.3 is 5.97 Å². The summed E-state index contributed by atoms with van der Waals surface area (Å²) in [5, 5.41) is 12.4. The molecule has 2 N–H and O–H groups in total. The summed E-state index contributed by atoms with van der Waals surface area (Å²) in [5.41, 5.74) is 3.07. The van der Waals surface area contributed by atoms with Crippen LogP contribution in [-0.4, -0.2) is 23.0 Å². The number of carbonyl (C=O) groups is 2. The van der Waals surface area contributed by atoms with Crippen LogP contribution in [-0.2, 0) is 9.59 Å². The van der Waals surface area contributed by atoms with Crippen molar-refractivity contribution in [2.45, 2.75) is 44.7 Å². The van der Waals surface area contributed by atoms with Crippen molar-refractivity contribution in [3.05, 3.63) is 60.2 Å². The average Bonchev–Trinajstić information content (AvgIpc) is 2.62. The summed E-state index contributed by atoms with van der Waals surface area (Å²) in [6.45, 7) is 2.05. The van der Waals surface area contributed by atoms with E-state index >= 15 is 0 Å². The Bertz CT molecular complexity index is 776. The van der Waals surface area contributed by atoms with Crippen molar-refractivity contribution in [1.82, 2.24) is 0 Å². The molecule has 0 saturated heterocycles. The van der Waals surface area contributed by atoms with Crippen LogP contribution in [0.3, 0.4) is 0 Å². The Kier molecular flexibility index (Phi) is 5.56. The van der Waals surface area contributed by atoms with E-state index in [0.29, 0.717) is 6.42 Å². The molecule has 2 aromatic rings. The van der Waals surface area contributed by atoms with E-state index < -0.39 is 5.97 Å². The molecule has 1 amide bonds. The van der Waals surface area contributed by atoms with Crippen molar-refractivity contribution in [3.8, 4) is 0 Å². The highest BCUT2D eigenvalue weighted by Gasteiger charge is 2.33. The monoisotopic (exact) mass is 352 g/mol. The van der Waals surface area contributed by atoms with E-state index in [2.05, 4.69) is 11.4 Å². The van der Waals surface area contributed by atoms with Gasteiger partial charge in [-0.1, -0.05) is 36.4 Å². The lowest BCUT2D eigenvalue weighted by molar-refractivity contribution is -0.137. The van der Waals surface area contributed by atoms with Gasteiger partial charge in [0.25, 0.3) is 0 Å². The van der Waals surface area contributed by atoms with Crippen LogP contribution in [0.1, 0.15) is 44.2 Å². The molecule has 1 aliphatic rings. The van der Waals surface area contributed by atoms with Crippen LogP contribution in [0, 0.1) is 0 Å². The van der Waals surface area contributed by atoms with Crippen LogP contribution in [0.2, 0.25) is 0 Å². The molecular formula is C21H24N2O3. The van der Waals surface area contributed by atoms with Gasteiger partial charge in [-0.25, -0.2) is 0 Å². The predicted octanol–water partition coefficient (Wildman–Crippen LogP) is 4.22. The molecule has 0 fully saturated rings. The lowest BCUT2D eigenvalue weighted by atomic mass is 9.91. The molecular weight excluding hydrogens is 328 g/mol. The normalized spacial score (nSPS) is 18.9. The fraction of sp³-hybridized carbons (Fsp3) is 0.333. The molecule has 136 valence electrons. The first-order valence-electron chi connectivity index (χ1n) is 9.00. The third-order valence-corrected chi connectivity index (χ3v) is 4.75. The molecule has 0 aliphatic carbocycles. The molecule has 0 aromatic heterocycles. The van der Waals surface area contributed by atoms with Gasteiger partial charge < -0.3 is 15.3 Å². The number of benzene rings is 2. The molecule has 1 aliphatic heterocycles. The minimum atomic E-state index is -0.864. The first-order valence-corrected chi connectivity index (χ1v) is 9.00. The Hall–Kier alpha value is -2.82. The molecule has 3 rings (SSSR count). The van der Waals surface area contributed by atoms with Crippen LogP contribution in [0.15, 0.2) is 54.6 Å². The summed E-state index contributed by atoms with van der Waals surface area (Å²) in [5.74, 6) is -0.874. The molecule has 0 bridgehead atoms. The number of fused-ring (bicyclic) bond motifs is 1. The molecule has 0 radical (unpaired) electrons. The number of nitrogens with zero attached hydrogens (tertiary/aromatic N) is 1. The Balaban J connectivity index is 1.81. The van der Waals surface area contributed by atoms with Crippen molar-refractivity contribution in [3.63, 3.8) is 0 Å². The molecule has 5 nitrogen and oxygen atoms in total. The van der Waals surface area contributed by atoms with E-state index in [1.807, 2.05) is 60.4 Å². The zero-order valence-electron chi connectivity index (χ0n) is 14.9. The lowest BCUT2D eigenvalue weighted by Gasteiger charge is -2.40. The predicted molar refractivity (Wildman–Crippen MR) is 102 cm³/mol. The zero-order valence-corrected chi connectivity index (χ0v) is 14.9. The van der Waals surface area contributed by atoms with Gasteiger partial charge in [0.2, 0.25) is 5.91 Å². The van der Waals surface area contributed by atoms with Gasteiger partial charge in [0, 0.05) is 30.3 Å². The highest BCUT2D eigenvalue weighted by Crippen LogP contribution is 2.39. The molecule has 2 aromatic carbocycles. The lowest BCUT2D eigenvalue weighted by Crippen LogP contribution is -2.44. The topological polar surface area (TPSA) is 69.6 Å². The third kappa shape index (κ3) is 4.04. The van der Waals surface area contributed by atoms with Crippen molar-refractivity contribution >= 4 is 23.3 Å². The van der Waals surface area contributed by atoms with Gasteiger partial charge in [-0.2, -0.15) is 0 Å². The van der Waals surface area contributed by atoms with Gasteiger partial charge in [0.05, 0.1) is 6.04 Å². The van der Waals surface area contributed by atoms with Gasteiger partial charge in [0.1, 0.15) is 0 Å². The molecule has 0 saturated carbocycles. The standard InChI is InChI=1S/C21H24N2O3/c1-15-14-18(22-16-8-3-2-4-9-16)17-10-5-6-11-19(17)23(15)20(24)12-7-13-21(25)26/h2-6,8-11,15,18,22H,7,12-14H2,1H3,(H,25,26)/t15-,18-/m0/s1. The summed E-state index contributed by atoms with van der Waals surface area (Å²) >= 11 is 0. The van der Waals surface area contributed by atoms with Crippen LogP contribution in [0.25, 0.3) is 0 Å². The number of hydrogen-bond donors (Lipinski definition) is 2. The summed E-state index contributed by atoms with van der Waals surface area (Å²) in [7, 11) is 0. The molecule has 0 unspecified atom stereocenters. The number of nitrogens with one attached hydrogen (secondary N) is 1. The van der Waals surface area contributed by atoms with Gasteiger partial charge in [-0.3, -0.25) is 9.59 Å². The first-order chi connectivity index (χ1) is 12.6. The van der Waals surface area contributed by atoms with Crippen molar-refractivity contribution in [2.24, 2.45) is 0 Å². The maximum atomic E-state index is 12.7. The van der Waals surface area contributed by atoms with Gasteiger partial charge in [-0.05, 0) is 43.5 Å². The van der Waals surface area contributed by atoms with Gasteiger partial charge in [-0.15, -0.1) is 0 Å². The molecule has 0 spiro atoms. The Morgan fingerprint density at radius 3 is 2.50 bits per heavy atom. The van der Waals surface area contributed by atoms with E-state index in [1.54, 1.807) is 0 Å². The first kappa shape index (κ1) is 18.0. The number of amides is 1. The molecule has 1 heterocycles. The number of hydrogen-bond acceptors (Lipinski definition) is 3. The summed E-state index contributed by atoms with van der Waals surface area (Å²) in [4.78, 5) is 25.3. The molecule has 26 heavy (non-hydrogen) atoms. The fourth-order valence-corrected chi connectivity index (χ4v) is 3.58.